The van der Waals surface area contributed by atoms with Crippen LogP contribution in [0.15, 0.2) is 48.2 Å². The number of amides is 1. The molecule has 2 aromatic carbocycles. The lowest BCUT2D eigenvalue weighted by Crippen LogP contribution is -2.44. The normalized spacial score (nSPS) is 18.8. The van der Waals surface area contributed by atoms with E-state index in [9.17, 15) is 9.18 Å². The van der Waals surface area contributed by atoms with Gasteiger partial charge in [0.1, 0.15) is 12.4 Å². The van der Waals surface area contributed by atoms with Gasteiger partial charge in [0.25, 0.3) is 5.91 Å². The van der Waals surface area contributed by atoms with Crippen molar-refractivity contribution in [2.75, 3.05) is 56.2 Å². The zero-order chi connectivity index (χ0) is 22.9. The standard InChI is InChI=1S/C26H32FN3O2.ClH/c1-26(2,3)19-8-10-20(11-9-19)30-16-17-32-24(25(30)31)18-21-22(27)6-5-7-23(21)29-14-12-28(4)13-15-29;/h5-11,18H,12-17H2,1-4H3;1H/b24-18-;. The van der Waals surface area contributed by atoms with Crippen molar-refractivity contribution in [2.24, 2.45) is 0 Å². The molecule has 1 amide bonds. The third-order valence-corrected chi connectivity index (χ3v) is 6.22. The second-order valence-corrected chi connectivity index (χ2v) is 9.57. The van der Waals surface area contributed by atoms with Gasteiger partial charge in [0, 0.05) is 43.1 Å². The van der Waals surface area contributed by atoms with Crippen LogP contribution in [0.2, 0.25) is 0 Å². The van der Waals surface area contributed by atoms with E-state index in [1.807, 2.05) is 18.2 Å². The number of carbonyl (C=O) groups excluding carboxylic acids is 1. The highest BCUT2D eigenvalue weighted by molar-refractivity contribution is 6.07. The minimum atomic E-state index is -0.350. The summed E-state index contributed by atoms with van der Waals surface area (Å²) in [4.78, 5) is 19.4. The van der Waals surface area contributed by atoms with Crippen molar-refractivity contribution in [1.82, 2.24) is 4.90 Å². The van der Waals surface area contributed by atoms with E-state index in [-0.39, 0.29) is 35.3 Å². The molecule has 2 aromatic rings. The van der Waals surface area contributed by atoms with Crippen molar-refractivity contribution in [3.8, 4) is 0 Å². The van der Waals surface area contributed by atoms with Crippen molar-refractivity contribution >= 4 is 35.8 Å². The highest BCUT2D eigenvalue weighted by Gasteiger charge is 2.28. The average molecular weight is 474 g/mol. The van der Waals surface area contributed by atoms with Crippen LogP contribution in [0.5, 0.6) is 0 Å². The van der Waals surface area contributed by atoms with Crippen LogP contribution >= 0.6 is 12.4 Å². The number of nitrogens with zero attached hydrogens (tertiary/aromatic N) is 3. The topological polar surface area (TPSA) is 36.0 Å². The maximum absolute atomic E-state index is 14.9. The predicted molar refractivity (Wildman–Crippen MR) is 135 cm³/mol. The van der Waals surface area contributed by atoms with E-state index >= 15 is 0 Å². The van der Waals surface area contributed by atoms with E-state index in [1.165, 1.54) is 11.6 Å². The second-order valence-electron chi connectivity index (χ2n) is 9.57. The van der Waals surface area contributed by atoms with Crippen LogP contribution in [0, 0.1) is 5.82 Å². The molecule has 178 valence electrons. The van der Waals surface area contributed by atoms with Crippen LogP contribution in [0.4, 0.5) is 15.8 Å². The number of benzene rings is 2. The van der Waals surface area contributed by atoms with Gasteiger partial charge in [-0.2, -0.15) is 0 Å². The quantitative estimate of drug-likeness (QED) is 0.605. The van der Waals surface area contributed by atoms with E-state index in [0.29, 0.717) is 18.7 Å². The van der Waals surface area contributed by atoms with Gasteiger partial charge in [-0.25, -0.2) is 4.39 Å². The number of piperazine rings is 1. The first-order valence-corrected chi connectivity index (χ1v) is 11.2. The van der Waals surface area contributed by atoms with Crippen molar-refractivity contribution in [1.29, 1.82) is 0 Å². The minimum absolute atomic E-state index is 0. The summed E-state index contributed by atoms with van der Waals surface area (Å²) < 4.78 is 20.6. The van der Waals surface area contributed by atoms with E-state index in [4.69, 9.17) is 4.74 Å². The van der Waals surface area contributed by atoms with E-state index < -0.39 is 0 Å². The van der Waals surface area contributed by atoms with Crippen molar-refractivity contribution < 1.29 is 13.9 Å². The number of hydrogen-bond donors (Lipinski definition) is 0. The van der Waals surface area contributed by atoms with Crippen molar-refractivity contribution in [3.05, 3.63) is 65.2 Å². The molecule has 2 heterocycles. The van der Waals surface area contributed by atoms with Gasteiger partial charge < -0.3 is 19.4 Å². The van der Waals surface area contributed by atoms with Crippen molar-refractivity contribution in [2.45, 2.75) is 26.2 Å². The SMILES string of the molecule is CN1CCN(c2cccc(F)c2/C=C2\OCCN(c3ccc(C(C)(C)C)cc3)C2=O)CC1.Cl. The molecule has 33 heavy (non-hydrogen) atoms. The summed E-state index contributed by atoms with van der Waals surface area (Å²) in [6.45, 7) is 10.8. The lowest BCUT2D eigenvalue weighted by molar-refractivity contribution is -0.120. The van der Waals surface area contributed by atoms with Gasteiger partial charge in [0.2, 0.25) is 0 Å². The number of halogens is 2. The molecule has 0 spiro atoms. The molecule has 0 radical (unpaired) electrons. The van der Waals surface area contributed by atoms with Crippen LogP contribution < -0.4 is 9.80 Å². The molecular formula is C26H33ClFN3O2. The number of morpholine rings is 1. The molecule has 0 atom stereocenters. The van der Waals surface area contributed by atoms with Gasteiger partial charge in [-0.15, -0.1) is 12.4 Å². The van der Waals surface area contributed by atoms with E-state index in [2.05, 4.69) is 49.8 Å². The molecule has 2 aliphatic rings. The molecule has 0 aliphatic carbocycles. The Morgan fingerprint density at radius 1 is 0.970 bits per heavy atom. The first kappa shape index (κ1) is 25.1. The van der Waals surface area contributed by atoms with Gasteiger partial charge in [-0.1, -0.05) is 39.0 Å². The average Bonchev–Trinajstić information content (AvgIpc) is 2.76. The van der Waals surface area contributed by atoms with Crippen molar-refractivity contribution in [3.63, 3.8) is 0 Å². The molecule has 0 bridgehead atoms. The monoisotopic (exact) mass is 473 g/mol. The maximum Gasteiger partial charge on any atom is 0.293 e. The number of likely N-dealkylation sites (N-methyl/N-ethyl adjacent to an activating group) is 1. The molecule has 2 saturated heterocycles. The Hall–Kier alpha value is -2.57. The molecule has 2 aliphatic heterocycles. The summed E-state index contributed by atoms with van der Waals surface area (Å²) in [5.74, 6) is -0.416. The number of hydrogen-bond acceptors (Lipinski definition) is 4. The summed E-state index contributed by atoms with van der Waals surface area (Å²) in [5.41, 5.74) is 3.29. The minimum Gasteiger partial charge on any atom is -0.486 e. The van der Waals surface area contributed by atoms with Crippen LogP contribution in [0.1, 0.15) is 31.9 Å². The molecule has 2 fully saturated rings. The molecule has 0 saturated carbocycles. The first-order chi connectivity index (χ1) is 15.2. The molecule has 4 rings (SSSR count). The number of ether oxygens (including phenoxy) is 1. The Labute approximate surface area is 202 Å². The van der Waals surface area contributed by atoms with Gasteiger partial charge in [0.15, 0.2) is 5.76 Å². The molecule has 7 heteroatoms. The van der Waals surface area contributed by atoms with Crippen LogP contribution in [-0.4, -0.2) is 57.2 Å². The molecule has 0 unspecified atom stereocenters. The zero-order valence-electron chi connectivity index (χ0n) is 19.8. The fourth-order valence-electron chi connectivity index (χ4n) is 4.16. The highest BCUT2D eigenvalue weighted by Crippen LogP contribution is 2.30. The number of carbonyl (C=O) groups is 1. The Bertz CT molecular complexity index is 1010. The summed E-state index contributed by atoms with van der Waals surface area (Å²) in [5, 5.41) is 0. The molecule has 0 N–H and O–H groups in total. The fourth-order valence-corrected chi connectivity index (χ4v) is 4.16. The Morgan fingerprint density at radius 2 is 1.64 bits per heavy atom. The summed E-state index contributed by atoms with van der Waals surface area (Å²) in [6.07, 6.45) is 1.57. The summed E-state index contributed by atoms with van der Waals surface area (Å²) in [7, 11) is 2.09. The summed E-state index contributed by atoms with van der Waals surface area (Å²) in [6, 6.07) is 13.1. The highest BCUT2D eigenvalue weighted by atomic mass is 35.5. The molecular weight excluding hydrogens is 441 g/mol. The lowest BCUT2D eigenvalue weighted by Gasteiger charge is -2.35. The predicted octanol–water partition coefficient (Wildman–Crippen LogP) is 4.70. The third-order valence-electron chi connectivity index (χ3n) is 6.22. The van der Waals surface area contributed by atoms with Crippen LogP contribution in [-0.2, 0) is 14.9 Å². The maximum atomic E-state index is 14.9. The van der Waals surface area contributed by atoms with Gasteiger partial charge in [0.05, 0.1) is 6.54 Å². The largest absolute Gasteiger partial charge is 0.486 e. The molecule has 0 aromatic heterocycles. The Balaban J connectivity index is 0.00000306. The zero-order valence-corrected chi connectivity index (χ0v) is 20.6. The number of rotatable bonds is 3. The second kappa shape index (κ2) is 10.1. The smallest absolute Gasteiger partial charge is 0.293 e. The van der Waals surface area contributed by atoms with Crippen LogP contribution in [0.3, 0.4) is 0 Å². The molecule has 5 nitrogen and oxygen atoms in total. The lowest BCUT2D eigenvalue weighted by atomic mass is 9.87. The van der Waals surface area contributed by atoms with Gasteiger partial charge >= 0.3 is 0 Å². The van der Waals surface area contributed by atoms with Gasteiger partial charge in [-0.05, 0) is 48.4 Å². The van der Waals surface area contributed by atoms with Gasteiger partial charge in [-0.3, -0.25) is 4.79 Å². The van der Waals surface area contributed by atoms with E-state index in [0.717, 1.165) is 37.6 Å². The number of anilines is 2. The third kappa shape index (κ3) is 5.50. The van der Waals surface area contributed by atoms with E-state index in [1.54, 1.807) is 17.0 Å². The summed E-state index contributed by atoms with van der Waals surface area (Å²) >= 11 is 0. The van der Waals surface area contributed by atoms with Crippen LogP contribution in [0.25, 0.3) is 6.08 Å². The Kier molecular flexibility index (Phi) is 7.70. The fraction of sp³-hybridized carbons (Fsp3) is 0.423. The first-order valence-electron chi connectivity index (χ1n) is 11.2. The Morgan fingerprint density at radius 3 is 2.27 bits per heavy atom.